The predicted molar refractivity (Wildman–Crippen MR) is 99.4 cm³/mol. The predicted octanol–water partition coefficient (Wildman–Crippen LogP) is 4.39. The summed E-state index contributed by atoms with van der Waals surface area (Å²) in [5, 5.41) is 0. The molecule has 2 atom stereocenters. The highest BCUT2D eigenvalue weighted by molar-refractivity contribution is 5.75. The number of benzene rings is 2. The lowest BCUT2D eigenvalue weighted by Crippen LogP contribution is -2.24. The Kier molecular flexibility index (Phi) is 4.33. The lowest BCUT2D eigenvalue weighted by atomic mass is 9.93. The van der Waals surface area contributed by atoms with Crippen LogP contribution in [0.4, 0.5) is 4.39 Å². The van der Waals surface area contributed by atoms with E-state index in [0.29, 0.717) is 24.3 Å². The Morgan fingerprint density at radius 1 is 1.22 bits per heavy atom. The minimum atomic E-state index is -0.325. The Bertz CT molecular complexity index is 873. The number of hydrogen-bond donors (Lipinski definition) is 0. The first kappa shape index (κ1) is 17.8. The zero-order valence-electron chi connectivity index (χ0n) is 15.8. The number of methoxy groups -OCH3 is 1. The molecule has 0 saturated heterocycles. The molecule has 1 saturated carbocycles. The molecular weight excluding hydrogens is 347 g/mol. The van der Waals surface area contributed by atoms with Gasteiger partial charge in [-0.15, -0.1) is 0 Å². The average molecular weight is 370 g/mol. The maximum Gasteiger partial charge on any atom is 0.309 e. The van der Waals surface area contributed by atoms with Crippen LogP contribution >= 0.6 is 0 Å². The highest BCUT2D eigenvalue weighted by Gasteiger charge is 2.44. The van der Waals surface area contributed by atoms with Crippen LogP contribution in [0.15, 0.2) is 36.4 Å². The maximum absolute atomic E-state index is 14.6. The molecule has 1 aliphatic heterocycles. The number of esters is 1. The van der Waals surface area contributed by atoms with Crippen molar-refractivity contribution in [2.45, 2.75) is 32.3 Å². The molecule has 0 bridgehead atoms. The van der Waals surface area contributed by atoms with Gasteiger partial charge < -0.3 is 14.2 Å². The molecule has 2 aromatic rings. The van der Waals surface area contributed by atoms with Crippen LogP contribution in [-0.2, 0) is 16.0 Å². The Balaban J connectivity index is 1.48. The number of ether oxygens (including phenoxy) is 3. The minimum absolute atomic E-state index is 0.0429. The van der Waals surface area contributed by atoms with Gasteiger partial charge in [0.05, 0.1) is 19.6 Å². The molecule has 2 aromatic carbocycles. The van der Waals surface area contributed by atoms with Crippen molar-refractivity contribution in [1.29, 1.82) is 0 Å². The van der Waals surface area contributed by atoms with E-state index in [4.69, 9.17) is 14.2 Å². The molecule has 1 aliphatic carbocycles. The van der Waals surface area contributed by atoms with Gasteiger partial charge in [-0.2, -0.15) is 0 Å². The first-order valence-electron chi connectivity index (χ1n) is 9.19. The summed E-state index contributed by atoms with van der Waals surface area (Å²) in [7, 11) is 1.41. The van der Waals surface area contributed by atoms with Crippen LogP contribution in [0.3, 0.4) is 0 Å². The summed E-state index contributed by atoms with van der Waals surface area (Å²) in [6, 6.07) is 10.6. The Hall–Kier alpha value is -2.56. The highest BCUT2D eigenvalue weighted by atomic mass is 19.1. The number of carbonyl (C=O) groups excluding carboxylic acids is 1. The van der Waals surface area contributed by atoms with Gasteiger partial charge in [0.25, 0.3) is 0 Å². The molecule has 4 nitrogen and oxygen atoms in total. The molecule has 0 radical (unpaired) electrons. The van der Waals surface area contributed by atoms with Gasteiger partial charge in [-0.1, -0.05) is 12.1 Å². The van der Waals surface area contributed by atoms with Crippen molar-refractivity contribution < 1.29 is 23.4 Å². The van der Waals surface area contributed by atoms with Crippen molar-refractivity contribution in [2.24, 2.45) is 11.8 Å². The van der Waals surface area contributed by atoms with Crippen molar-refractivity contribution in [1.82, 2.24) is 0 Å². The Morgan fingerprint density at radius 2 is 1.96 bits per heavy atom. The molecule has 27 heavy (non-hydrogen) atoms. The van der Waals surface area contributed by atoms with E-state index in [0.717, 1.165) is 23.3 Å². The zero-order chi connectivity index (χ0) is 19.2. The first-order chi connectivity index (χ1) is 12.9. The van der Waals surface area contributed by atoms with Crippen LogP contribution in [0, 0.1) is 17.7 Å². The minimum Gasteiger partial charge on any atom is -0.493 e. The molecule has 1 heterocycles. The van der Waals surface area contributed by atoms with Crippen LogP contribution in [0.25, 0.3) is 11.1 Å². The normalized spacial score (nSPS) is 21.9. The first-order valence-corrected chi connectivity index (χ1v) is 9.19. The van der Waals surface area contributed by atoms with E-state index in [2.05, 4.69) is 0 Å². The number of rotatable bonds is 5. The van der Waals surface area contributed by atoms with Crippen molar-refractivity contribution in [3.63, 3.8) is 0 Å². The molecule has 1 fully saturated rings. The van der Waals surface area contributed by atoms with E-state index < -0.39 is 0 Å². The van der Waals surface area contributed by atoms with Crippen LogP contribution in [0.2, 0.25) is 0 Å². The van der Waals surface area contributed by atoms with E-state index >= 15 is 0 Å². The smallest absolute Gasteiger partial charge is 0.309 e. The Labute approximate surface area is 158 Å². The van der Waals surface area contributed by atoms with Gasteiger partial charge in [0.1, 0.15) is 22.9 Å². The van der Waals surface area contributed by atoms with Gasteiger partial charge in [0.2, 0.25) is 0 Å². The zero-order valence-corrected chi connectivity index (χ0v) is 15.8. The molecule has 0 N–H and O–H groups in total. The van der Waals surface area contributed by atoms with E-state index in [1.165, 1.54) is 13.2 Å². The molecule has 5 heteroatoms. The van der Waals surface area contributed by atoms with Gasteiger partial charge in [-0.3, -0.25) is 4.79 Å². The second-order valence-corrected chi connectivity index (χ2v) is 7.90. The fourth-order valence-corrected chi connectivity index (χ4v) is 3.74. The number of fused-ring (bicyclic) bond motifs is 1. The fourth-order valence-electron chi connectivity index (χ4n) is 3.74. The van der Waals surface area contributed by atoms with Crippen molar-refractivity contribution in [3.05, 3.63) is 47.8 Å². The van der Waals surface area contributed by atoms with Gasteiger partial charge in [-0.05, 0) is 50.1 Å². The third kappa shape index (κ3) is 3.51. The van der Waals surface area contributed by atoms with Crippen LogP contribution in [0.5, 0.6) is 11.5 Å². The summed E-state index contributed by atoms with van der Waals surface area (Å²) in [6.45, 7) is 4.49. The summed E-state index contributed by atoms with van der Waals surface area (Å²) >= 11 is 0. The number of halogens is 1. The van der Waals surface area contributed by atoms with E-state index in [9.17, 15) is 9.18 Å². The molecule has 142 valence electrons. The quantitative estimate of drug-likeness (QED) is 0.732. The third-order valence-corrected chi connectivity index (χ3v) is 5.24. The summed E-state index contributed by atoms with van der Waals surface area (Å²) in [4.78, 5) is 11.4. The molecule has 0 amide bonds. The van der Waals surface area contributed by atoms with Crippen molar-refractivity contribution >= 4 is 5.97 Å². The lowest BCUT2D eigenvalue weighted by Gasteiger charge is -2.16. The van der Waals surface area contributed by atoms with Gasteiger partial charge >= 0.3 is 5.97 Å². The van der Waals surface area contributed by atoms with Crippen molar-refractivity contribution in [3.8, 4) is 22.6 Å². The van der Waals surface area contributed by atoms with Crippen LogP contribution in [-0.4, -0.2) is 25.3 Å². The van der Waals surface area contributed by atoms with Crippen LogP contribution < -0.4 is 9.47 Å². The second-order valence-electron chi connectivity index (χ2n) is 7.90. The highest BCUT2D eigenvalue weighted by Crippen LogP contribution is 2.43. The molecule has 2 unspecified atom stereocenters. The SMILES string of the molecule is COC(=O)C1CC1COc1ccc(-c2c(F)ccc3c2CC(C)(C)O3)cc1. The van der Waals surface area contributed by atoms with Crippen LogP contribution in [0.1, 0.15) is 25.8 Å². The monoisotopic (exact) mass is 370 g/mol. The summed E-state index contributed by atoms with van der Waals surface area (Å²) in [5.41, 5.74) is 1.98. The summed E-state index contributed by atoms with van der Waals surface area (Å²) < 4.78 is 31.0. The molecule has 0 spiro atoms. The lowest BCUT2D eigenvalue weighted by molar-refractivity contribution is -0.142. The molecular formula is C22H23FO4. The van der Waals surface area contributed by atoms with Gasteiger partial charge in [0, 0.05) is 23.5 Å². The molecule has 2 aliphatic rings. The second kappa shape index (κ2) is 6.55. The number of carbonyl (C=O) groups is 1. The fraction of sp³-hybridized carbons (Fsp3) is 0.409. The molecule has 4 rings (SSSR count). The average Bonchev–Trinajstić information content (AvgIpc) is 3.35. The third-order valence-electron chi connectivity index (χ3n) is 5.24. The van der Waals surface area contributed by atoms with E-state index in [1.807, 2.05) is 38.1 Å². The van der Waals surface area contributed by atoms with Gasteiger partial charge in [0.15, 0.2) is 0 Å². The van der Waals surface area contributed by atoms with Crippen molar-refractivity contribution in [2.75, 3.05) is 13.7 Å². The van der Waals surface area contributed by atoms with Gasteiger partial charge in [-0.25, -0.2) is 4.39 Å². The molecule has 0 aromatic heterocycles. The van der Waals surface area contributed by atoms with E-state index in [-0.39, 0.29) is 29.2 Å². The number of hydrogen-bond acceptors (Lipinski definition) is 4. The topological polar surface area (TPSA) is 44.8 Å². The summed E-state index contributed by atoms with van der Waals surface area (Å²) in [5.74, 6) is 1.21. The summed E-state index contributed by atoms with van der Waals surface area (Å²) in [6.07, 6.45) is 1.48. The largest absolute Gasteiger partial charge is 0.493 e. The maximum atomic E-state index is 14.6. The standard InChI is InChI=1S/C22H23FO4/c1-22(2)11-17-19(27-22)9-8-18(23)20(17)13-4-6-15(7-5-13)26-12-14-10-16(14)21(24)25-3/h4-9,14,16H,10-12H2,1-3H3. The van der Waals surface area contributed by atoms with E-state index in [1.54, 1.807) is 6.07 Å². The Morgan fingerprint density at radius 3 is 2.67 bits per heavy atom.